The van der Waals surface area contributed by atoms with E-state index < -0.39 is 22.6 Å². The molecule has 0 N–H and O–H groups in total. The molecule has 8 nitrogen and oxygen atoms in total. The topological polar surface area (TPSA) is 123 Å². The molecule has 0 radical (unpaired) electrons. The third-order valence-electron chi connectivity index (χ3n) is 2.20. The molecular formula is C11H9N3O5. The zero-order chi connectivity index (χ0) is 14.3. The van der Waals surface area contributed by atoms with Crippen LogP contribution in [0.3, 0.4) is 0 Å². The number of carbonyl (C=O) groups is 2. The molecule has 0 aliphatic heterocycles. The fourth-order valence-corrected chi connectivity index (χ4v) is 1.34. The van der Waals surface area contributed by atoms with E-state index in [9.17, 15) is 19.7 Å². The highest BCUT2D eigenvalue weighted by molar-refractivity contribution is 6.62. The molecule has 1 aromatic rings. The van der Waals surface area contributed by atoms with Gasteiger partial charge in [0.05, 0.1) is 0 Å². The van der Waals surface area contributed by atoms with Crippen molar-refractivity contribution < 1.29 is 24.3 Å². The summed E-state index contributed by atoms with van der Waals surface area (Å²) in [6, 6.07) is 8.92. The number of aryl methyl sites for hydroxylation is 1. The molecule has 0 amide bonds. The van der Waals surface area contributed by atoms with Crippen molar-refractivity contribution in [3.8, 4) is 0 Å². The highest BCUT2D eigenvalue weighted by atomic mass is 17.0. The van der Waals surface area contributed by atoms with E-state index >= 15 is 0 Å². The summed E-state index contributed by atoms with van der Waals surface area (Å²) in [5, 5.41) is 8.57. The normalized spacial score (nSPS) is 9.26. The van der Waals surface area contributed by atoms with Gasteiger partial charge in [-0.05, 0) is 12.0 Å². The van der Waals surface area contributed by atoms with Crippen molar-refractivity contribution in [1.29, 1.82) is 0 Å². The van der Waals surface area contributed by atoms with Crippen LogP contribution in [-0.2, 0) is 20.8 Å². The molecule has 0 atom stereocenters. The SMILES string of the molecule is [N-]=[N+]=C(C(=O)CCc1ccccc1)C(=O)O[N+](=O)[O-]. The monoisotopic (exact) mass is 263 g/mol. The Kier molecular flexibility index (Phi) is 5.06. The van der Waals surface area contributed by atoms with E-state index in [1.807, 2.05) is 0 Å². The van der Waals surface area contributed by atoms with Crippen LogP contribution in [0.5, 0.6) is 0 Å². The van der Waals surface area contributed by atoms with E-state index in [-0.39, 0.29) is 6.42 Å². The van der Waals surface area contributed by atoms with Crippen molar-refractivity contribution in [3.05, 3.63) is 51.5 Å². The van der Waals surface area contributed by atoms with Gasteiger partial charge in [-0.15, -0.1) is 10.1 Å². The van der Waals surface area contributed by atoms with Crippen LogP contribution < -0.4 is 0 Å². The number of carbonyl (C=O) groups excluding carboxylic acids is 2. The van der Waals surface area contributed by atoms with Gasteiger partial charge in [0.2, 0.25) is 0 Å². The Labute approximate surface area is 107 Å². The Balaban J connectivity index is 2.63. The Bertz CT molecular complexity index is 549. The van der Waals surface area contributed by atoms with Crippen LogP contribution in [0.25, 0.3) is 5.53 Å². The number of Topliss-reactive ketones (excluding diaryl/α,β-unsaturated/α-hetero) is 1. The summed E-state index contributed by atoms with van der Waals surface area (Å²) >= 11 is 0. The quantitative estimate of drug-likeness (QED) is 0.185. The first-order chi connectivity index (χ1) is 9.04. The van der Waals surface area contributed by atoms with Crippen molar-refractivity contribution in [3.63, 3.8) is 0 Å². The molecule has 1 aromatic carbocycles. The van der Waals surface area contributed by atoms with Crippen molar-refractivity contribution in [2.75, 3.05) is 0 Å². The summed E-state index contributed by atoms with van der Waals surface area (Å²) in [5.74, 6) is -2.43. The van der Waals surface area contributed by atoms with Crippen LogP contribution in [0, 0.1) is 10.1 Å². The smallest absolute Gasteiger partial charge is 0.360 e. The van der Waals surface area contributed by atoms with Crippen molar-refractivity contribution in [2.45, 2.75) is 12.8 Å². The minimum atomic E-state index is -1.59. The van der Waals surface area contributed by atoms with Crippen molar-refractivity contribution in [1.82, 2.24) is 0 Å². The van der Waals surface area contributed by atoms with Gasteiger partial charge in [-0.25, -0.2) is 4.84 Å². The number of benzene rings is 1. The van der Waals surface area contributed by atoms with Crippen LogP contribution in [0.15, 0.2) is 30.3 Å². The average Bonchev–Trinajstić information content (AvgIpc) is 2.37. The number of ketones is 1. The maximum atomic E-state index is 11.6. The van der Waals surface area contributed by atoms with Crippen molar-refractivity contribution in [2.24, 2.45) is 0 Å². The highest BCUT2D eigenvalue weighted by Gasteiger charge is 2.31. The second-order valence-electron chi connectivity index (χ2n) is 3.46. The molecule has 19 heavy (non-hydrogen) atoms. The molecule has 0 heterocycles. The van der Waals surface area contributed by atoms with Crippen molar-refractivity contribution >= 4 is 17.5 Å². The summed E-state index contributed by atoms with van der Waals surface area (Å²) in [6.45, 7) is 0. The summed E-state index contributed by atoms with van der Waals surface area (Å²) in [6.07, 6.45) is 0.181. The molecule has 0 saturated carbocycles. The fraction of sp³-hybridized carbons (Fsp3) is 0.182. The van der Waals surface area contributed by atoms with Gasteiger partial charge in [0, 0.05) is 6.42 Å². The minimum Gasteiger partial charge on any atom is -0.360 e. The molecule has 98 valence electrons. The summed E-state index contributed by atoms with van der Waals surface area (Å²) < 4.78 is 0. The van der Waals surface area contributed by atoms with E-state index in [0.717, 1.165) is 5.56 Å². The lowest BCUT2D eigenvalue weighted by Crippen LogP contribution is -2.29. The van der Waals surface area contributed by atoms with E-state index in [4.69, 9.17) is 5.53 Å². The molecule has 0 bridgehead atoms. The van der Waals surface area contributed by atoms with E-state index in [2.05, 4.69) is 9.63 Å². The second kappa shape index (κ2) is 6.77. The predicted octanol–water partition coefficient (Wildman–Crippen LogP) is 0.594. The molecular weight excluding hydrogens is 254 g/mol. The van der Waals surface area contributed by atoms with Gasteiger partial charge in [0.15, 0.2) is 0 Å². The van der Waals surface area contributed by atoms with Gasteiger partial charge < -0.3 is 5.53 Å². The van der Waals surface area contributed by atoms with Crippen LogP contribution in [0.4, 0.5) is 0 Å². The Morgan fingerprint density at radius 1 is 1.32 bits per heavy atom. The summed E-state index contributed by atoms with van der Waals surface area (Å²) in [4.78, 5) is 38.6. The van der Waals surface area contributed by atoms with Gasteiger partial charge in [0.1, 0.15) is 0 Å². The zero-order valence-electron chi connectivity index (χ0n) is 9.68. The molecule has 8 heteroatoms. The predicted molar refractivity (Wildman–Crippen MR) is 61.5 cm³/mol. The number of rotatable bonds is 6. The number of nitrogens with zero attached hydrogens (tertiary/aromatic N) is 3. The first-order valence-corrected chi connectivity index (χ1v) is 5.20. The Hall–Kier alpha value is -2.86. The van der Waals surface area contributed by atoms with E-state index in [1.54, 1.807) is 30.3 Å². The molecule has 0 spiro atoms. The highest BCUT2D eigenvalue weighted by Crippen LogP contribution is 2.03. The van der Waals surface area contributed by atoms with Crippen LogP contribution in [0.1, 0.15) is 12.0 Å². The van der Waals surface area contributed by atoms with Gasteiger partial charge >= 0.3 is 16.8 Å². The standard InChI is InChI=1S/C11H9N3O5/c12-13-10(11(16)19-14(17)18)9(15)7-6-8-4-2-1-3-5-8/h1-5H,6-7H2. The van der Waals surface area contributed by atoms with Gasteiger partial charge in [-0.1, -0.05) is 30.3 Å². The molecule has 0 aromatic heterocycles. The minimum absolute atomic E-state index is 0.129. The average molecular weight is 263 g/mol. The first-order valence-electron chi connectivity index (χ1n) is 5.20. The number of hydrogen-bond acceptors (Lipinski definition) is 5. The first kappa shape index (κ1) is 14.2. The lowest BCUT2D eigenvalue weighted by molar-refractivity contribution is -0.728. The Morgan fingerprint density at radius 2 is 1.95 bits per heavy atom. The molecule has 0 fully saturated rings. The maximum Gasteiger partial charge on any atom is 0.428 e. The third kappa shape index (κ3) is 4.49. The van der Waals surface area contributed by atoms with Crippen LogP contribution >= 0.6 is 0 Å². The molecule has 0 aliphatic rings. The summed E-state index contributed by atoms with van der Waals surface area (Å²) in [7, 11) is 0. The molecule has 0 saturated heterocycles. The summed E-state index contributed by atoms with van der Waals surface area (Å²) in [5.41, 5.74) is 8.37. The molecule has 0 aliphatic carbocycles. The maximum absolute atomic E-state index is 11.6. The zero-order valence-corrected chi connectivity index (χ0v) is 9.68. The largest absolute Gasteiger partial charge is 0.428 e. The third-order valence-corrected chi connectivity index (χ3v) is 2.20. The second-order valence-corrected chi connectivity index (χ2v) is 3.46. The lowest BCUT2D eigenvalue weighted by atomic mass is 10.1. The van der Waals surface area contributed by atoms with Crippen LogP contribution in [0.2, 0.25) is 0 Å². The molecule has 1 rings (SSSR count). The molecule has 0 unspecified atom stereocenters. The van der Waals surface area contributed by atoms with Gasteiger partial charge in [0.25, 0.3) is 5.78 Å². The number of hydrogen-bond donors (Lipinski definition) is 0. The fourth-order valence-electron chi connectivity index (χ4n) is 1.34. The van der Waals surface area contributed by atoms with Gasteiger partial charge in [-0.3, -0.25) is 9.59 Å². The van der Waals surface area contributed by atoms with Crippen LogP contribution in [-0.4, -0.2) is 27.3 Å². The Morgan fingerprint density at radius 3 is 2.47 bits per heavy atom. The lowest BCUT2D eigenvalue weighted by Gasteiger charge is -1.98. The van der Waals surface area contributed by atoms with E-state index in [0.29, 0.717) is 6.42 Å². The van der Waals surface area contributed by atoms with E-state index in [1.165, 1.54) is 0 Å². The van der Waals surface area contributed by atoms with Gasteiger partial charge in [-0.2, -0.15) is 4.79 Å².